The Morgan fingerprint density at radius 2 is 1.63 bits per heavy atom. The zero-order valence-corrected chi connectivity index (χ0v) is 17.2. The lowest BCUT2D eigenvalue weighted by Gasteiger charge is -2.10. The number of para-hydroxylation sites is 1. The highest BCUT2D eigenvalue weighted by Gasteiger charge is 2.15. The molecule has 0 aliphatic carbocycles. The van der Waals surface area contributed by atoms with Crippen LogP contribution < -0.4 is 15.6 Å². The molecule has 0 aliphatic rings. The number of aromatic nitrogens is 2. The van der Waals surface area contributed by atoms with Crippen molar-refractivity contribution in [2.24, 2.45) is 0 Å². The number of anilines is 1. The number of carbonyl (C=O) groups is 2. The van der Waals surface area contributed by atoms with Crippen molar-refractivity contribution in [2.45, 2.75) is 25.3 Å². The third kappa shape index (κ3) is 5.23. The van der Waals surface area contributed by atoms with Crippen LogP contribution in [0.2, 0.25) is 0 Å². The number of sulfonamides is 1. The third-order valence-electron chi connectivity index (χ3n) is 4.16. The number of carbonyl (C=O) groups excluding carboxylic acids is 2. The fraction of sp³-hybridized carbons (Fsp3) is 0.150. The fourth-order valence-corrected chi connectivity index (χ4v) is 3.77. The summed E-state index contributed by atoms with van der Waals surface area (Å²) in [6.45, 7) is 3.61. The summed E-state index contributed by atoms with van der Waals surface area (Å²) in [6.07, 6.45) is 0. The van der Waals surface area contributed by atoms with Crippen LogP contribution in [0.25, 0.3) is 0 Å². The lowest BCUT2D eigenvalue weighted by Crippen LogP contribution is -2.43. The molecule has 0 saturated heterocycles. The number of nitrogens with one attached hydrogen (secondary N) is 3. The Balaban J connectivity index is 1.58. The molecule has 0 bridgehead atoms. The number of rotatable bonds is 6. The van der Waals surface area contributed by atoms with Gasteiger partial charge in [-0.1, -0.05) is 18.2 Å². The first-order valence-electron chi connectivity index (χ1n) is 9.03. The summed E-state index contributed by atoms with van der Waals surface area (Å²) in [4.78, 5) is 24.2. The second-order valence-electron chi connectivity index (χ2n) is 6.58. The van der Waals surface area contributed by atoms with Crippen molar-refractivity contribution in [2.75, 3.05) is 4.72 Å². The van der Waals surface area contributed by atoms with Crippen molar-refractivity contribution in [3.8, 4) is 0 Å². The molecule has 0 saturated carbocycles. The number of aryl methyl sites for hydroxylation is 2. The van der Waals surface area contributed by atoms with E-state index in [9.17, 15) is 18.0 Å². The molecule has 30 heavy (non-hydrogen) atoms. The van der Waals surface area contributed by atoms with Crippen molar-refractivity contribution in [3.63, 3.8) is 0 Å². The molecule has 0 unspecified atom stereocenters. The van der Waals surface area contributed by atoms with Crippen molar-refractivity contribution >= 4 is 27.5 Å². The highest BCUT2D eigenvalue weighted by molar-refractivity contribution is 7.92. The van der Waals surface area contributed by atoms with Gasteiger partial charge in [-0.05, 0) is 56.3 Å². The van der Waals surface area contributed by atoms with E-state index in [0.717, 1.165) is 11.4 Å². The quantitative estimate of drug-likeness (QED) is 0.518. The summed E-state index contributed by atoms with van der Waals surface area (Å²) in [6, 6.07) is 15.7. The molecule has 1 heterocycles. The van der Waals surface area contributed by atoms with Gasteiger partial charge >= 0.3 is 0 Å². The zero-order valence-electron chi connectivity index (χ0n) is 16.4. The summed E-state index contributed by atoms with van der Waals surface area (Å²) in [5.74, 6) is -1.02. The average molecular weight is 427 g/mol. The van der Waals surface area contributed by atoms with Crippen molar-refractivity contribution < 1.29 is 18.0 Å². The monoisotopic (exact) mass is 427 g/mol. The first-order valence-corrected chi connectivity index (χ1v) is 10.5. The number of hydrogen-bond donors (Lipinski definition) is 3. The van der Waals surface area contributed by atoms with E-state index in [0.29, 0.717) is 5.69 Å². The van der Waals surface area contributed by atoms with E-state index < -0.39 is 21.8 Å². The van der Waals surface area contributed by atoms with Crippen LogP contribution in [-0.4, -0.2) is 30.0 Å². The number of hydrazine groups is 1. The van der Waals surface area contributed by atoms with Crippen LogP contribution in [0.5, 0.6) is 0 Å². The first-order chi connectivity index (χ1) is 14.2. The maximum atomic E-state index is 12.4. The summed E-state index contributed by atoms with van der Waals surface area (Å²) in [7, 11) is -3.78. The molecule has 0 aliphatic heterocycles. The van der Waals surface area contributed by atoms with Gasteiger partial charge < -0.3 is 0 Å². The molecule has 2 amide bonds. The molecule has 10 heteroatoms. The van der Waals surface area contributed by atoms with Crippen molar-refractivity contribution in [3.05, 3.63) is 77.6 Å². The van der Waals surface area contributed by atoms with Gasteiger partial charge in [0.2, 0.25) is 0 Å². The highest BCUT2D eigenvalue weighted by atomic mass is 32.2. The fourth-order valence-electron chi connectivity index (χ4n) is 2.71. The van der Waals surface area contributed by atoms with Gasteiger partial charge in [0.25, 0.3) is 21.8 Å². The van der Waals surface area contributed by atoms with Gasteiger partial charge in [0.05, 0.1) is 10.6 Å². The molecule has 0 fully saturated rings. The molecular formula is C20H21N5O4S. The summed E-state index contributed by atoms with van der Waals surface area (Å²) >= 11 is 0. The minimum atomic E-state index is -3.78. The summed E-state index contributed by atoms with van der Waals surface area (Å²) in [5, 5.41) is 4.18. The van der Waals surface area contributed by atoms with Gasteiger partial charge in [-0.2, -0.15) is 5.10 Å². The number of hydrogen-bond acceptors (Lipinski definition) is 5. The van der Waals surface area contributed by atoms with Crippen LogP contribution >= 0.6 is 0 Å². The molecule has 3 rings (SSSR count). The Morgan fingerprint density at radius 3 is 2.23 bits per heavy atom. The second kappa shape index (κ2) is 8.78. The van der Waals surface area contributed by atoms with Gasteiger partial charge in [0.15, 0.2) is 0 Å². The van der Waals surface area contributed by atoms with Crippen LogP contribution in [0.4, 0.5) is 5.69 Å². The molecule has 0 spiro atoms. The molecule has 3 N–H and O–H groups in total. The van der Waals surface area contributed by atoms with Gasteiger partial charge in [-0.25, -0.2) is 8.42 Å². The van der Waals surface area contributed by atoms with E-state index in [1.807, 2.05) is 19.9 Å². The lowest BCUT2D eigenvalue weighted by molar-refractivity contribution is -0.122. The summed E-state index contributed by atoms with van der Waals surface area (Å²) in [5.41, 5.74) is 6.86. The Hall–Kier alpha value is -3.66. The van der Waals surface area contributed by atoms with Crippen LogP contribution in [0.3, 0.4) is 0 Å². The van der Waals surface area contributed by atoms with E-state index in [2.05, 4.69) is 20.7 Å². The lowest BCUT2D eigenvalue weighted by atomic mass is 10.2. The van der Waals surface area contributed by atoms with Gasteiger partial charge in [0.1, 0.15) is 6.54 Å². The molecule has 0 atom stereocenters. The van der Waals surface area contributed by atoms with E-state index in [-0.39, 0.29) is 17.0 Å². The second-order valence-corrected chi connectivity index (χ2v) is 8.27. The predicted molar refractivity (Wildman–Crippen MR) is 111 cm³/mol. The maximum absolute atomic E-state index is 12.4. The number of nitrogens with zero attached hydrogens (tertiary/aromatic N) is 2. The van der Waals surface area contributed by atoms with Crippen molar-refractivity contribution in [1.82, 2.24) is 20.6 Å². The zero-order chi connectivity index (χ0) is 21.7. The Bertz CT molecular complexity index is 1160. The van der Waals surface area contributed by atoms with E-state index in [1.54, 1.807) is 30.3 Å². The Morgan fingerprint density at radius 1 is 0.967 bits per heavy atom. The first kappa shape index (κ1) is 21.1. The van der Waals surface area contributed by atoms with Crippen molar-refractivity contribution in [1.29, 1.82) is 0 Å². The number of benzene rings is 2. The molecule has 9 nitrogen and oxygen atoms in total. The van der Waals surface area contributed by atoms with Gasteiger partial charge in [0, 0.05) is 16.9 Å². The largest absolute Gasteiger partial charge is 0.280 e. The minimum Gasteiger partial charge on any atom is -0.280 e. The highest BCUT2D eigenvalue weighted by Crippen LogP contribution is 2.16. The smallest absolute Gasteiger partial charge is 0.269 e. The molecule has 156 valence electrons. The Labute approximate surface area is 174 Å². The van der Waals surface area contributed by atoms with Gasteiger partial charge in [-0.3, -0.25) is 29.8 Å². The minimum absolute atomic E-state index is 0.0106. The standard InChI is InChI=1S/C20H21N5O4S/c1-14-12-15(2)25(23-14)13-19(26)21-22-20(27)16-8-10-18(11-9-16)30(28,29)24-17-6-4-3-5-7-17/h3-12,24H,13H2,1-2H3,(H,21,26)(H,22,27). The average Bonchev–Trinajstić information content (AvgIpc) is 3.03. The van der Waals surface area contributed by atoms with Crippen LogP contribution in [0.1, 0.15) is 21.7 Å². The molecule has 2 aromatic carbocycles. The molecular weight excluding hydrogens is 406 g/mol. The van der Waals surface area contributed by atoms with Gasteiger partial charge in [-0.15, -0.1) is 0 Å². The normalized spacial score (nSPS) is 11.0. The van der Waals surface area contributed by atoms with Crippen LogP contribution in [0, 0.1) is 13.8 Å². The maximum Gasteiger partial charge on any atom is 0.269 e. The third-order valence-corrected chi connectivity index (χ3v) is 5.56. The molecule has 1 aromatic heterocycles. The van der Waals surface area contributed by atoms with E-state index in [1.165, 1.54) is 28.9 Å². The van der Waals surface area contributed by atoms with E-state index in [4.69, 9.17) is 0 Å². The topological polar surface area (TPSA) is 122 Å². The predicted octanol–water partition coefficient (Wildman–Crippen LogP) is 1.76. The van der Waals surface area contributed by atoms with Crippen LogP contribution in [-0.2, 0) is 21.4 Å². The Kier molecular flexibility index (Phi) is 6.17. The summed E-state index contributed by atoms with van der Waals surface area (Å²) < 4.78 is 28.8. The van der Waals surface area contributed by atoms with E-state index >= 15 is 0 Å². The van der Waals surface area contributed by atoms with Crippen LogP contribution in [0.15, 0.2) is 65.6 Å². The molecule has 3 aromatic rings. The SMILES string of the molecule is Cc1cc(C)n(CC(=O)NNC(=O)c2ccc(S(=O)(=O)Nc3ccccc3)cc2)n1. The molecule has 0 radical (unpaired) electrons. The number of amides is 2.